The highest BCUT2D eigenvalue weighted by atomic mass is 19.1. The molecule has 4 N–H and O–H groups in total. The molecule has 1 amide bonds. The van der Waals surface area contributed by atoms with Crippen molar-refractivity contribution in [3.05, 3.63) is 47.7 Å². The van der Waals surface area contributed by atoms with Crippen molar-refractivity contribution >= 4 is 29.3 Å². The van der Waals surface area contributed by atoms with Gasteiger partial charge in [-0.15, -0.1) is 0 Å². The van der Waals surface area contributed by atoms with Gasteiger partial charge in [0, 0.05) is 30.5 Å². The van der Waals surface area contributed by atoms with Gasteiger partial charge in [-0.05, 0) is 39.2 Å². The van der Waals surface area contributed by atoms with E-state index in [0.29, 0.717) is 41.5 Å². The van der Waals surface area contributed by atoms with Gasteiger partial charge in [0.1, 0.15) is 11.6 Å². The van der Waals surface area contributed by atoms with Crippen LogP contribution in [0.4, 0.5) is 27.8 Å². The van der Waals surface area contributed by atoms with Gasteiger partial charge in [-0.1, -0.05) is 6.07 Å². The molecule has 3 aromatic rings. The molecule has 2 heterocycles. The number of hydrogen-bond donors (Lipinski definition) is 4. The predicted octanol–water partition coefficient (Wildman–Crippen LogP) is 1.94. The van der Waals surface area contributed by atoms with Crippen LogP contribution >= 0.6 is 0 Å². The predicted molar refractivity (Wildman–Crippen MR) is 112 cm³/mol. The van der Waals surface area contributed by atoms with Gasteiger partial charge in [-0.3, -0.25) is 9.89 Å². The molecule has 0 atom stereocenters. The standard InChI is InChI=1S/C19H24FN9O/c1-12-22-18(21-7-8-29(2)3)26-19(23-12)25-16-10-15(27-28-16)11-17(30)24-14-6-4-5-13(20)9-14/h4-6,9-10H,7-8,11H2,1-3H3,(H,24,30)(H3,21,22,23,25,26,27,28). The van der Waals surface area contributed by atoms with Crippen LogP contribution in [-0.4, -0.2) is 63.1 Å². The fourth-order valence-corrected chi connectivity index (χ4v) is 2.58. The van der Waals surface area contributed by atoms with Gasteiger partial charge in [0.05, 0.1) is 6.42 Å². The maximum Gasteiger partial charge on any atom is 0.233 e. The van der Waals surface area contributed by atoms with Crippen molar-refractivity contribution < 1.29 is 9.18 Å². The number of rotatable bonds is 9. The number of amides is 1. The van der Waals surface area contributed by atoms with Crippen molar-refractivity contribution in [3.8, 4) is 0 Å². The molecule has 10 nitrogen and oxygen atoms in total. The van der Waals surface area contributed by atoms with E-state index in [9.17, 15) is 9.18 Å². The summed E-state index contributed by atoms with van der Waals surface area (Å²) in [5, 5.41) is 15.7. The molecule has 0 radical (unpaired) electrons. The molecule has 0 bridgehead atoms. The molecular weight excluding hydrogens is 389 g/mol. The molecule has 1 aromatic carbocycles. The van der Waals surface area contributed by atoms with E-state index in [-0.39, 0.29) is 12.3 Å². The summed E-state index contributed by atoms with van der Waals surface area (Å²) < 4.78 is 13.2. The number of carbonyl (C=O) groups is 1. The molecule has 0 saturated heterocycles. The number of aryl methyl sites for hydroxylation is 1. The van der Waals surface area contributed by atoms with Gasteiger partial charge in [0.15, 0.2) is 5.82 Å². The van der Waals surface area contributed by atoms with Gasteiger partial charge in [0.2, 0.25) is 17.8 Å². The quantitative estimate of drug-likeness (QED) is 0.420. The Morgan fingerprint density at radius 1 is 1.17 bits per heavy atom. The number of aromatic amines is 1. The molecule has 0 aliphatic carbocycles. The molecule has 0 aliphatic heterocycles. The highest BCUT2D eigenvalue weighted by molar-refractivity contribution is 5.92. The van der Waals surface area contributed by atoms with E-state index in [1.54, 1.807) is 19.1 Å². The second-order valence-corrected chi connectivity index (χ2v) is 6.90. The second kappa shape index (κ2) is 9.74. The van der Waals surface area contributed by atoms with E-state index in [4.69, 9.17) is 0 Å². The zero-order chi connectivity index (χ0) is 21.5. The second-order valence-electron chi connectivity index (χ2n) is 6.90. The number of halogens is 1. The Bertz CT molecular complexity index is 1010. The summed E-state index contributed by atoms with van der Waals surface area (Å²) in [5.74, 6) is 1.14. The first-order valence-electron chi connectivity index (χ1n) is 9.35. The van der Waals surface area contributed by atoms with Gasteiger partial charge < -0.3 is 20.9 Å². The topological polar surface area (TPSA) is 124 Å². The first kappa shape index (κ1) is 21.1. The van der Waals surface area contributed by atoms with E-state index in [1.807, 2.05) is 14.1 Å². The minimum absolute atomic E-state index is 0.0543. The molecule has 0 aliphatic rings. The third kappa shape index (κ3) is 6.48. The Labute approximate surface area is 173 Å². The molecule has 0 unspecified atom stereocenters. The van der Waals surface area contributed by atoms with Crippen LogP contribution in [0, 0.1) is 12.7 Å². The summed E-state index contributed by atoms with van der Waals surface area (Å²) in [6, 6.07) is 7.40. The smallest absolute Gasteiger partial charge is 0.233 e. The number of nitrogens with one attached hydrogen (secondary N) is 4. The highest BCUT2D eigenvalue weighted by Gasteiger charge is 2.10. The number of anilines is 4. The zero-order valence-electron chi connectivity index (χ0n) is 17.0. The normalized spacial score (nSPS) is 10.8. The minimum Gasteiger partial charge on any atom is -0.353 e. The Balaban J connectivity index is 1.58. The maximum atomic E-state index is 13.2. The van der Waals surface area contributed by atoms with E-state index in [2.05, 4.69) is 46.0 Å². The Morgan fingerprint density at radius 2 is 1.97 bits per heavy atom. The summed E-state index contributed by atoms with van der Waals surface area (Å²) in [6.45, 7) is 3.31. The fourth-order valence-electron chi connectivity index (χ4n) is 2.58. The van der Waals surface area contributed by atoms with Crippen molar-refractivity contribution in [2.24, 2.45) is 0 Å². The van der Waals surface area contributed by atoms with Crippen LogP contribution in [0.15, 0.2) is 30.3 Å². The Morgan fingerprint density at radius 3 is 2.73 bits per heavy atom. The molecule has 0 saturated carbocycles. The third-order valence-corrected chi connectivity index (χ3v) is 3.92. The summed E-state index contributed by atoms with van der Waals surface area (Å²) in [5.41, 5.74) is 0.981. The van der Waals surface area contributed by atoms with Crippen LogP contribution in [0.2, 0.25) is 0 Å². The Kier molecular flexibility index (Phi) is 6.86. The van der Waals surface area contributed by atoms with Gasteiger partial charge in [-0.2, -0.15) is 20.1 Å². The lowest BCUT2D eigenvalue weighted by Crippen LogP contribution is -2.22. The van der Waals surface area contributed by atoms with Crippen LogP contribution < -0.4 is 16.0 Å². The molecule has 2 aromatic heterocycles. The van der Waals surface area contributed by atoms with Crippen LogP contribution in [0.25, 0.3) is 0 Å². The van der Waals surface area contributed by atoms with Crippen molar-refractivity contribution in [2.45, 2.75) is 13.3 Å². The lowest BCUT2D eigenvalue weighted by Gasteiger charge is -2.11. The summed E-state index contributed by atoms with van der Waals surface area (Å²) >= 11 is 0. The maximum absolute atomic E-state index is 13.2. The lowest BCUT2D eigenvalue weighted by molar-refractivity contribution is -0.115. The van der Waals surface area contributed by atoms with Crippen molar-refractivity contribution in [2.75, 3.05) is 43.1 Å². The molecule has 0 fully saturated rings. The van der Waals surface area contributed by atoms with Gasteiger partial charge in [0.25, 0.3) is 0 Å². The first-order valence-corrected chi connectivity index (χ1v) is 9.35. The van der Waals surface area contributed by atoms with E-state index in [1.165, 1.54) is 18.2 Å². The van der Waals surface area contributed by atoms with Gasteiger partial charge >= 0.3 is 0 Å². The number of carbonyl (C=O) groups excluding carboxylic acids is 1. The number of nitrogens with zero attached hydrogens (tertiary/aromatic N) is 5. The van der Waals surface area contributed by atoms with E-state index in [0.717, 1.165) is 6.54 Å². The van der Waals surface area contributed by atoms with Crippen LogP contribution in [0.1, 0.15) is 11.5 Å². The molecular formula is C19H24FN9O. The van der Waals surface area contributed by atoms with Crippen molar-refractivity contribution in [1.29, 1.82) is 0 Å². The van der Waals surface area contributed by atoms with Crippen molar-refractivity contribution in [3.63, 3.8) is 0 Å². The van der Waals surface area contributed by atoms with Crippen molar-refractivity contribution in [1.82, 2.24) is 30.0 Å². The summed E-state index contributed by atoms with van der Waals surface area (Å²) in [4.78, 5) is 27.0. The number of hydrogen-bond acceptors (Lipinski definition) is 8. The number of aromatic nitrogens is 5. The molecule has 158 valence electrons. The number of benzene rings is 1. The van der Waals surface area contributed by atoms with Crippen LogP contribution in [0.3, 0.4) is 0 Å². The van der Waals surface area contributed by atoms with Gasteiger partial charge in [-0.25, -0.2) is 4.39 Å². The number of likely N-dealkylation sites (N-methyl/N-ethyl adjacent to an activating group) is 1. The van der Waals surface area contributed by atoms with Crippen LogP contribution in [-0.2, 0) is 11.2 Å². The minimum atomic E-state index is -0.413. The van der Waals surface area contributed by atoms with E-state index < -0.39 is 5.82 Å². The summed E-state index contributed by atoms with van der Waals surface area (Å²) in [6.07, 6.45) is 0.0543. The first-order chi connectivity index (χ1) is 14.4. The summed E-state index contributed by atoms with van der Waals surface area (Å²) in [7, 11) is 3.97. The molecule has 3 rings (SSSR count). The van der Waals surface area contributed by atoms with E-state index >= 15 is 0 Å². The largest absolute Gasteiger partial charge is 0.353 e. The van der Waals surface area contributed by atoms with Crippen LogP contribution in [0.5, 0.6) is 0 Å². The monoisotopic (exact) mass is 413 g/mol. The Hall–Kier alpha value is -3.60. The average molecular weight is 413 g/mol. The molecule has 0 spiro atoms. The zero-order valence-corrected chi connectivity index (χ0v) is 17.0. The number of H-pyrrole nitrogens is 1. The fraction of sp³-hybridized carbons (Fsp3) is 0.316. The average Bonchev–Trinajstić information content (AvgIpc) is 3.07. The SMILES string of the molecule is Cc1nc(NCCN(C)C)nc(Nc2cc(CC(=O)Nc3cccc(F)c3)[nH]n2)n1. The molecule has 30 heavy (non-hydrogen) atoms. The highest BCUT2D eigenvalue weighted by Crippen LogP contribution is 2.14. The molecule has 11 heteroatoms. The lowest BCUT2D eigenvalue weighted by atomic mass is 10.2. The third-order valence-electron chi connectivity index (χ3n) is 3.92.